The number of anilines is 1. The molecule has 24 heavy (non-hydrogen) atoms. The quantitative estimate of drug-likeness (QED) is 0.568. The minimum absolute atomic E-state index is 0.174. The number of carbonyl (C=O) groups is 2. The van der Waals surface area contributed by atoms with Gasteiger partial charge < -0.3 is 19.6 Å². The summed E-state index contributed by atoms with van der Waals surface area (Å²) in [5, 5.41) is 13.4. The van der Waals surface area contributed by atoms with Crippen molar-refractivity contribution < 1.29 is 23.8 Å². The van der Waals surface area contributed by atoms with Crippen LogP contribution in [0.4, 0.5) is 5.69 Å². The fourth-order valence-electron chi connectivity index (χ4n) is 2.45. The Labute approximate surface area is 137 Å². The molecule has 0 spiro atoms. The number of fused-ring (bicyclic) bond motifs is 1. The lowest BCUT2D eigenvalue weighted by molar-refractivity contribution is 0.0600. The summed E-state index contributed by atoms with van der Waals surface area (Å²) in [6.07, 6.45) is 0. The first-order valence-corrected chi connectivity index (χ1v) is 7.22. The van der Waals surface area contributed by atoms with Gasteiger partial charge in [0.25, 0.3) is 5.91 Å². The zero-order valence-corrected chi connectivity index (χ0v) is 13.1. The second-order valence-electron chi connectivity index (χ2n) is 5.23. The van der Waals surface area contributed by atoms with Crippen molar-refractivity contribution in [1.82, 2.24) is 0 Å². The number of benzene rings is 2. The van der Waals surface area contributed by atoms with Crippen LogP contribution in [-0.2, 0) is 4.74 Å². The number of amides is 1. The van der Waals surface area contributed by atoms with Crippen molar-refractivity contribution in [2.45, 2.75) is 6.92 Å². The number of phenols is 1. The summed E-state index contributed by atoms with van der Waals surface area (Å²) in [6.45, 7) is 1.79. The summed E-state index contributed by atoms with van der Waals surface area (Å²) in [5.41, 5.74) is 1.69. The largest absolute Gasteiger partial charge is 0.506 e. The summed E-state index contributed by atoms with van der Waals surface area (Å²) in [5.74, 6) is -1.12. The van der Waals surface area contributed by atoms with Crippen molar-refractivity contribution in [2.75, 3.05) is 12.4 Å². The zero-order chi connectivity index (χ0) is 17.3. The molecule has 6 heteroatoms. The average molecular weight is 325 g/mol. The Morgan fingerprint density at radius 3 is 2.58 bits per heavy atom. The highest BCUT2D eigenvalue weighted by Gasteiger charge is 2.19. The van der Waals surface area contributed by atoms with E-state index in [0.29, 0.717) is 11.1 Å². The Morgan fingerprint density at radius 1 is 1.17 bits per heavy atom. The van der Waals surface area contributed by atoms with E-state index in [0.717, 1.165) is 5.39 Å². The molecule has 0 bridgehead atoms. The molecule has 0 radical (unpaired) electrons. The molecule has 0 saturated carbocycles. The van der Waals surface area contributed by atoms with Gasteiger partial charge in [-0.2, -0.15) is 0 Å². The minimum atomic E-state index is -0.573. The number of esters is 1. The molecule has 0 aliphatic heterocycles. The van der Waals surface area contributed by atoms with Crippen LogP contribution in [0.15, 0.2) is 46.9 Å². The fourth-order valence-corrected chi connectivity index (χ4v) is 2.45. The molecule has 122 valence electrons. The van der Waals surface area contributed by atoms with Gasteiger partial charge in [-0.15, -0.1) is 0 Å². The van der Waals surface area contributed by atoms with Gasteiger partial charge in [0, 0.05) is 10.9 Å². The van der Waals surface area contributed by atoms with E-state index >= 15 is 0 Å². The van der Waals surface area contributed by atoms with Gasteiger partial charge in [0.15, 0.2) is 5.76 Å². The lowest BCUT2D eigenvalue weighted by atomic mass is 10.1. The van der Waals surface area contributed by atoms with E-state index in [-0.39, 0.29) is 22.8 Å². The molecular formula is C18H15NO5. The molecule has 3 aromatic rings. The van der Waals surface area contributed by atoms with E-state index in [4.69, 9.17) is 4.42 Å². The molecule has 2 N–H and O–H groups in total. The van der Waals surface area contributed by atoms with Gasteiger partial charge in [-0.1, -0.05) is 18.2 Å². The summed E-state index contributed by atoms with van der Waals surface area (Å²) in [4.78, 5) is 23.9. The number of para-hydroxylation sites is 1. The predicted octanol–water partition coefficient (Wildman–Crippen LogP) is 3.49. The number of hydrogen-bond acceptors (Lipinski definition) is 5. The van der Waals surface area contributed by atoms with Crippen molar-refractivity contribution in [3.63, 3.8) is 0 Å². The number of methoxy groups -OCH3 is 1. The average Bonchev–Trinajstić information content (AvgIpc) is 2.93. The molecule has 2 aromatic carbocycles. The van der Waals surface area contributed by atoms with Crippen LogP contribution < -0.4 is 5.32 Å². The molecule has 6 nitrogen and oxygen atoms in total. The molecule has 1 aromatic heterocycles. The Bertz CT molecular complexity index is 942. The molecule has 3 rings (SSSR count). The van der Waals surface area contributed by atoms with Crippen LogP contribution in [0.1, 0.15) is 26.5 Å². The molecule has 1 heterocycles. The number of aryl methyl sites for hydroxylation is 1. The van der Waals surface area contributed by atoms with E-state index in [1.807, 2.05) is 18.2 Å². The van der Waals surface area contributed by atoms with Crippen LogP contribution >= 0.6 is 0 Å². The Kier molecular flexibility index (Phi) is 3.95. The first-order chi connectivity index (χ1) is 11.5. The highest BCUT2D eigenvalue weighted by Crippen LogP contribution is 2.28. The zero-order valence-electron chi connectivity index (χ0n) is 13.1. The molecule has 0 fully saturated rings. The van der Waals surface area contributed by atoms with Gasteiger partial charge >= 0.3 is 5.97 Å². The highest BCUT2D eigenvalue weighted by molar-refractivity contribution is 6.07. The van der Waals surface area contributed by atoms with E-state index < -0.39 is 11.9 Å². The third-order valence-corrected chi connectivity index (χ3v) is 3.72. The number of ether oxygens (including phenoxy) is 1. The van der Waals surface area contributed by atoms with Crippen LogP contribution in [0.5, 0.6) is 5.75 Å². The van der Waals surface area contributed by atoms with Gasteiger partial charge in [-0.3, -0.25) is 4.79 Å². The van der Waals surface area contributed by atoms with Crippen LogP contribution in [0.3, 0.4) is 0 Å². The lowest BCUT2D eigenvalue weighted by Gasteiger charge is -2.07. The lowest BCUT2D eigenvalue weighted by Crippen LogP contribution is -2.12. The maximum absolute atomic E-state index is 12.4. The van der Waals surface area contributed by atoms with E-state index in [1.54, 1.807) is 13.0 Å². The molecule has 0 saturated heterocycles. The fraction of sp³-hybridized carbons (Fsp3) is 0.111. The number of phenolic OH excluding ortho intramolecular Hbond substituents is 1. The molecule has 0 atom stereocenters. The topological polar surface area (TPSA) is 88.8 Å². The number of nitrogens with one attached hydrogen (secondary N) is 1. The molecule has 0 aliphatic carbocycles. The van der Waals surface area contributed by atoms with E-state index in [9.17, 15) is 14.7 Å². The normalized spacial score (nSPS) is 10.6. The van der Waals surface area contributed by atoms with Crippen molar-refractivity contribution in [3.05, 3.63) is 59.4 Å². The summed E-state index contributed by atoms with van der Waals surface area (Å²) >= 11 is 0. The smallest absolute Gasteiger partial charge is 0.337 e. The SMILES string of the molecule is COC(=O)c1ccc(NC(=O)c2oc3ccccc3c2C)c(O)c1. The first kappa shape index (κ1) is 15.6. The second kappa shape index (κ2) is 6.08. The second-order valence-corrected chi connectivity index (χ2v) is 5.23. The molecule has 0 aliphatic rings. The Hall–Kier alpha value is -3.28. The van der Waals surface area contributed by atoms with Crippen LogP contribution in [-0.4, -0.2) is 24.1 Å². The predicted molar refractivity (Wildman–Crippen MR) is 88.4 cm³/mol. The van der Waals surface area contributed by atoms with Crippen molar-refractivity contribution >= 4 is 28.5 Å². The third kappa shape index (κ3) is 2.69. The van der Waals surface area contributed by atoms with Crippen LogP contribution in [0.2, 0.25) is 0 Å². The Balaban J connectivity index is 1.89. The van der Waals surface area contributed by atoms with Gasteiger partial charge in [0.05, 0.1) is 18.4 Å². The van der Waals surface area contributed by atoms with E-state index in [1.165, 1.54) is 25.3 Å². The van der Waals surface area contributed by atoms with Crippen LogP contribution in [0, 0.1) is 6.92 Å². The van der Waals surface area contributed by atoms with Gasteiger partial charge in [0.1, 0.15) is 11.3 Å². The van der Waals surface area contributed by atoms with Crippen molar-refractivity contribution in [1.29, 1.82) is 0 Å². The van der Waals surface area contributed by atoms with Gasteiger partial charge in [-0.25, -0.2) is 4.79 Å². The number of furan rings is 1. The van der Waals surface area contributed by atoms with E-state index in [2.05, 4.69) is 10.1 Å². The number of aromatic hydroxyl groups is 1. The third-order valence-electron chi connectivity index (χ3n) is 3.72. The summed E-state index contributed by atoms with van der Waals surface area (Å²) < 4.78 is 10.2. The Morgan fingerprint density at radius 2 is 1.92 bits per heavy atom. The molecular weight excluding hydrogens is 310 g/mol. The van der Waals surface area contributed by atoms with Crippen molar-refractivity contribution in [3.8, 4) is 5.75 Å². The molecule has 1 amide bonds. The summed E-state index contributed by atoms with van der Waals surface area (Å²) in [6, 6.07) is 11.4. The standard InChI is InChI=1S/C18H15NO5/c1-10-12-5-3-4-6-15(12)24-16(10)17(21)19-13-8-7-11(9-14(13)20)18(22)23-2/h3-9,20H,1-2H3,(H,19,21). The maximum atomic E-state index is 12.4. The van der Waals surface area contributed by atoms with Gasteiger partial charge in [0.2, 0.25) is 0 Å². The van der Waals surface area contributed by atoms with Crippen molar-refractivity contribution in [2.24, 2.45) is 0 Å². The number of hydrogen-bond donors (Lipinski definition) is 2. The summed E-state index contributed by atoms with van der Waals surface area (Å²) in [7, 11) is 1.25. The highest BCUT2D eigenvalue weighted by atomic mass is 16.5. The van der Waals surface area contributed by atoms with Crippen LogP contribution in [0.25, 0.3) is 11.0 Å². The minimum Gasteiger partial charge on any atom is -0.506 e. The molecule has 0 unspecified atom stereocenters. The monoisotopic (exact) mass is 325 g/mol. The maximum Gasteiger partial charge on any atom is 0.337 e. The first-order valence-electron chi connectivity index (χ1n) is 7.22. The van der Waals surface area contributed by atoms with Gasteiger partial charge in [-0.05, 0) is 31.2 Å². The number of rotatable bonds is 3. The number of carbonyl (C=O) groups excluding carboxylic acids is 2.